The summed E-state index contributed by atoms with van der Waals surface area (Å²) in [6.07, 6.45) is 5.64. The van der Waals surface area contributed by atoms with Crippen molar-refractivity contribution in [2.75, 3.05) is 54.1 Å². The third-order valence-corrected chi connectivity index (χ3v) is 6.50. The maximum atomic E-state index is 13.7. The summed E-state index contributed by atoms with van der Waals surface area (Å²) < 4.78 is 16.4. The van der Waals surface area contributed by atoms with Crippen molar-refractivity contribution in [1.82, 2.24) is 9.80 Å². The van der Waals surface area contributed by atoms with Crippen molar-refractivity contribution >= 4 is 12.0 Å². The number of ether oxygens (including phenoxy) is 3. The molecule has 1 heterocycles. The second-order valence-electron chi connectivity index (χ2n) is 9.44. The van der Waals surface area contributed by atoms with E-state index in [-0.39, 0.29) is 5.91 Å². The standard InChI is InChI=1S/C29H40N2O4/c1-22-11-9-14-30(20-22)15-10-16-31(21-23(2)17-24-12-7-6-8-13-24)29(32)25-18-26(33-3)28(35-5)27(19-25)34-4/h6-8,12-13,17-19,22H,9-11,14-16,20-21H2,1-5H3/b23-17+. The molecule has 0 radical (unpaired) electrons. The minimum atomic E-state index is -0.0444. The lowest BCUT2D eigenvalue weighted by Crippen LogP contribution is -2.38. The molecule has 2 aromatic rings. The van der Waals surface area contributed by atoms with Gasteiger partial charge in [0.1, 0.15) is 0 Å². The average Bonchev–Trinajstić information content (AvgIpc) is 2.87. The zero-order valence-corrected chi connectivity index (χ0v) is 21.9. The van der Waals surface area contributed by atoms with E-state index < -0.39 is 0 Å². The molecule has 3 rings (SSSR count). The lowest BCUT2D eigenvalue weighted by atomic mass is 10.0. The lowest BCUT2D eigenvalue weighted by Gasteiger charge is -2.32. The third kappa shape index (κ3) is 7.49. The maximum Gasteiger partial charge on any atom is 0.254 e. The normalized spacial score (nSPS) is 16.6. The molecule has 0 N–H and O–H groups in total. The topological polar surface area (TPSA) is 51.2 Å². The fourth-order valence-corrected chi connectivity index (χ4v) is 4.79. The summed E-state index contributed by atoms with van der Waals surface area (Å²) in [4.78, 5) is 18.2. The van der Waals surface area contributed by atoms with Crippen molar-refractivity contribution in [3.8, 4) is 17.2 Å². The van der Waals surface area contributed by atoms with E-state index >= 15 is 0 Å². The summed E-state index contributed by atoms with van der Waals surface area (Å²) in [5.41, 5.74) is 2.79. The van der Waals surface area contributed by atoms with Crippen LogP contribution in [-0.2, 0) is 0 Å². The van der Waals surface area contributed by atoms with Crippen molar-refractivity contribution in [3.63, 3.8) is 0 Å². The molecule has 0 bridgehead atoms. The van der Waals surface area contributed by atoms with Gasteiger partial charge in [-0.05, 0) is 62.9 Å². The number of carbonyl (C=O) groups excluding carboxylic acids is 1. The predicted octanol–water partition coefficient (Wildman–Crippen LogP) is 5.38. The Balaban J connectivity index is 1.80. The number of hydrogen-bond donors (Lipinski definition) is 0. The van der Waals surface area contributed by atoms with E-state index in [9.17, 15) is 4.79 Å². The van der Waals surface area contributed by atoms with Crippen LogP contribution in [0.25, 0.3) is 6.08 Å². The first-order valence-corrected chi connectivity index (χ1v) is 12.5. The molecule has 1 unspecified atom stereocenters. The molecule has 1 atom stereocenters. The molecule has 1 amide bonds. The monoisotopic (exact) mass is 480 g/mol. The van der Waals surface area contributed by atoms with Crippen molar-refractivity contribution in [2.45, 2.75) is 33.1 Å². The van der Waals surface area contributed by atoms with Crippen LogP contribution < -0.4 is 14.2 Å². The fraction of sp³-hybridized carbons (Fsp3) is 0.483. The molecule has 6 heteroatoms. The Bertz CT molecular complexity index is 964. The highest BCUT2D eigenvalue weighted by Crippen LogP contribution is 2.38. The molecule has 2 aromatic carbocycles. The van der Waals surface area contributed by atoms with Gasteiger partial charge in [-0.25, -0.2) is 0 Å². The second-order valence-corrected chi connectivity index (χ2v) is 9.44. The third-order valence-electron chi connectivity index (χ3n) is 6.50. The van der Waals surface area contributed by atoms with E-state index in [0.717, 1.165) is 43.1 Å². The van der Waals surface area contributed by atoms with Crippen LogP contribution in [0, 0.1) is 5.92 Å². The van der Waals surface area contributed by atoms with Crippen LogP contribution in [0.15, 0.2) is 48.0 Å². The van der Waals surface area contributed by atoms with Crippen molar-refractivity contribution in [1.29, 1.82) is 0 Å². The summed E-state index contributed by atoms with van der Waals surface area (Å²) in [6, 6.07) is 13.7. The number of amides is 1. The predicted molar refractivity (Wildman–Crippen MR) is 142 cm³/mol. The van der Waals surface area contributed by atoms with Gasteiger partial charge in [-0.3, -0.25) is 4.79 Å². The Morgan fingerprint density at radius 3 is 2.37 bits per heavy atom. The van der Waals surface area contributed by atoms with Crippen LogP contribution in [0.5, 0.6) is 17.2 Å². The molecule has 190 valence electrons. The molecule has 0 saturated carbocycles. The van der Waals surface area contributed by atoms with E-state index in [1.54, 1.807) is 33.5 Å². The molecular weight excluding hydrogens is 440 g/mol. The van der Waals surface area contributed by atoms with E-state index in [1.807, 2.05) is 23.1 Å². The van der Waals surface area contributed by atoms with Crippen molar-refractivity contribution in [3.05, 3.63) is 59.2 Å². The van der Waals surface area contributed by atoms with Gasteiger partial charge in [0, 0.05) is 25.2 Å². The lowest BCUT2D eigenvalue weighted by molar-refractivity contribution is 0.0757. The highest BCUT2D eigenvalue weighted by atomic mass is 16.5. The van der Waals surface area contributed by atoms with Crippen molar-refractivity contribution < 1.29 is 19.0 Å². The van der Waals surface area contributed by atoms with Crippen LogP contribution >= 0.6 is 0 Å². The van der Waals surface area contributed by atoms with E-state index in [0.29, 0.717) is 35.9 Å². The van der Waals surface area contributed by atoms with Crippen LogP contribution in [-0.4, -0.2) is 69.8 Å². The average molecular weight is 481 g/mol. The number of piperidine rings is 1. The smallest absolute Gasteiger partial charge is 0.254 e. The Morgan fingerprint density at radius 1 is 1.09 bits per heavy atom. The van der Waals surface area contributed by atoms with Gasteiger partial charge >= 0.3 is 0 Å². The van der Waals surface area contributed by atoms with Gasteiger partial charge in [-0.15, -0.1) is 0 Å². The van der Waals surface area contributed by atoms with Crippen molar-refractivity contribution in [2.24, 2.45) is 5.92 Å². The van der Waals surface area contributed by atoms with Gasteiger partial charge in [0.25, 0.3) is 5.91 Å². The quantitative estimate of drug-likeness (QED) is 0.432. The number of methoxy groups -OCH3 is 3. The Morgan fingerprint density at radius 2 is 1.77 bits per heavy atom. The molecular formula is C29H40N2O4. The summed E-state index contributed by atoms with van der Waals surface area (Å²) >= 11 is 0. The molecule has 1 saturated heterocycles. The molecule has 6 nitrogen and oxygen atoms in total. The summed E-state index contributed by atoms with van der Waals surface area (Å²) in [5, 5.41) is 0. The van der Waals surface area contributed by atoms with Gasteiger partial charge in [-0.1, -0.05) is 48.9 Å². The van der Waals surface area contributed by atoms with Crippen LogP contribution in [0.3, 0.4) is 0 Å². The number of benzene rings is 2. The summed E-state index contributed by atoms with van der Waals surface area (Å²) in [5.74, 6) is 2.15. The Labute approximate surface area is 210 Å². The minimum absolute atomic E-state index is 0.0444. The highest BCUT2D eigenvalue weighted by molar-refractivity contribution is 5.96. The van der Waals surface area contributed by atoms with E-state index in [1.165, 1.54) is 12.8 Å². The first-order chi connectivity index (χ1) is 16.9. The molecule has 1 aliphatic rings. The van der Waals surface area contributed by atoms with E-state index in [4.69, 9.17) is 14.2 Å². The molecule has 1 aliphatic heterocycles. The van der Waals surface area contributed by atoms with Crippen LogP contribution in [0.2, 0.25) is 0 Å². The van der Waals surface area contributed by atoms with Gasteiger partial charge < -0.3 is 24.0 Å². The summed E-state index contributed by atoms with van der Waals surface area (Å²) in [7, 11) is 4.69. The first kappa shape index (κ1) is 26.6. The van der Waals surface area contributed by atoms with Gasteiger partial charge in [0.05, 0.1) is 21.3 Å². The highest BCUT2D eigenvalue weighted by Gasteiger charge is 2.22. The molecule has 0 aliphatic carbocycles. The molecule has 0 spiro atoms. The van der Waals surface area contributed by atoms with Gasteiger partial charge in [0.2, 0.25) is 5.75 Å². The Hall–Kier alpha value is -2.99. The number of hydrogen-bond acceptors (Lipinski definition) is 5. The van der Waals surface area contributed by atoms with Crippen LogP contribution in [0.1, 0.15) is 49.0 Å². The van der Waals surface area contributed by atoms with E-state index in [2.05, 4.69) is 37.0 Å². The van der Waals surface area contributed by atoms with Gasteiger partial charge in [0.15, 0.2) is 11.5 Å². The Kier molecular flexibility index (Phi) is 10.0. The van der Waals surface area contributed by atoms with Crippen LogP contribution in [0.4, 0.5) is 0 Å². The zero-order valence-electron chi connectivity index (χ0n) is 21.9. The first-order valence-electron chi connectivity index (χ1n) is 12.5. The molecule has 0 aromatic heterocycles. The second kappa shape index (κ2) is 13.2. The number of carbonyl (C=O) groups is 1. The maximum absolute atomic E-state index is 13.7. The minimum Gasteiger partial charge on any atom is -0.493 e. The fourth-order valence-electron chi connectivity index (χ4n) is 4.79. The largest absolute Gasteiger partial charge is 0.493 e. The number of nitrogens with zero attached hydrogens (tertiary/aromatic N) is 2. The molecule has 35 heavy (non-hydrogen) atoms. The molecule has 1 fully saturated rings. The van der Waals surface area contributed by atoms with Gasteiger partial charge in [-0.2, -0.15) is 0 Å². The zero-order chi connectivity index (χ0) is 25.2. The number of likely N-dealkylation sites (tertiary alicyclic amines) is 1. The summed E-state index contributed by atoms with van der Waals surface area (Å²) in [6.45, 7) is 8.94. The SMILES string of the molecule is COc1cc(C(=O)N(CCCN2CCCC(C)C2)C/C(C)=C/c2ccccc2)cc(OC)c1OC. The number of rotatable bonds is 11.